The van der Waals surface area contributed by atoms with E-state index in [0.29, 0.717) is 5.75 Å². The van der Waals surface area contributed by atoms with Gasteiger partial charge in [-0.05, 0) is 12.1 Å². The summed E-state index contributed by atoms with van der Waals surface area (Å²) in [6, 6.07) is 4.07. The third-order valence-electron chi connectivity index (χ3n) is 3.37. The summed E-state index contributed by atoms with van der Waals surface area (Å²) in [6.45, 7) is 6.39. The molecule has 0 spiro atoms. The van der Waals surface area contributed by atoms with E-state index in [1.807, 2.05) is 5.38 Å². The maximum absolute atomic E-state index is 12.3. The predicted molar refractivity (Wildman–Crippen MR) is 91.6 cm³/mol. The zero-order valence-corrected chi connectivity index (χ0v) is 14.8. The molecule has 0 saturated heterocycles. The fourth-order valence-electron chi connectivity index (χ4n) is 1.97. The Bertz CT molecular complexity index is 765. The monoisotopic (exact) mass is 349 g/mol. The smallest absolute Gasteiger partial charge is 0.282 e. The first-order valence-corrected chi connectivity index (χ1v) is 8.16. The number of amides is 1. The van der Waals surface area contributed by atoms with Crippen molar-refractivity contribution in [2.24, 2.45) is 0 Å². The van der Waals surface area contributed by atoms with Crippen LogP contribution in [0.15, 0.2) is 23.6 Å². The molecule has 0 fully saturated rings. The van der Waals surface area contributed by atoms with Gasteiger partial charge in [0.25, 0.3) is 11.6 Å². The van der Waals surface area contributed by atoms with Gasteiger partial charge in [-0.2, -0.15) is 0 Å². The number of benzene rings is 1. The van der Waals surface area contributed by atoms with Gasteiger partial charge in [-0.3, -0.25) is 14.9 Å². The number of carbonyl (C=O) groups excluding carboxylic acids is 1. The number of ether oxygens (including phenoxy) is 1. The van der Waals surface area contributed by atoms with Gasteiger partial charge in [0.1, 0.15) is 16.3 Å². The summed E-state index contributed by atoms with van der Waals surface area (Å²) >= 11 is 1.45. The molecule has 0 radical (unpaired) electrons. The van der Waals surface area contributed by atoms with E-state index in [1.165, 1.54) is 36.6 Å². The van der Waals surface area contributed by atoms with E-state index in [1.54, 1.807) is 0 Å². The molecule has 2 aromatic rings. The predicted octanol–water partition coefficient (Wildman–Crippen LogP) is 3.29. The van der Waals surface area contributed by atoms with Gasteiger partial charge in [0.2, 0.25) is 0 Å². The van der Waals surface area contributed by atoms with Crippen LogP contribution >= 0.6 is 11.3 Å². The number of nitro groups is 1. The normalized spacial score (nSPS) is 11.2. The second-order valence-corrected chi connectivity index (χ2v) is 7.14. The number of hydrogen-bond acceptors (Lipinski definition) is 6. The van der Waals surface area contributed by atoms with Crippen molar-refractivity contribution in [2.75, 3.05) is 7.11 Å². The summed E-state index contributed by atoms with van der Waals surface area (Å²) in [7, 11) is 1.44. The van der Waals surface area contributed by atoms with Crippen LogP contribution in [-0.4, -0.2) is 22.9 Å². The Morgan fingerprint density at radius 1 is 1.42 bits per heavy atom. The lowest BCUT2D eigenvalue weighted by atomic mass is 9.93. The number of nitro benzene ring substituents is 1. The SMILES string of the molecule is COc1ccc([N+](=O)[O-])c(C(=O)NCc2nc(C(C)(C)C)cs2)c1. The summed E-state index contributed by atoms with van der Waals surface area (Å²) in [6.07, 6.45) is 0. The molecule has 0 saturated carbocycles. The van der Waals surface area contributed by atoms with Crippen molar-refractivity contribution in [3.63, 3.8) is 0 Å². The number of nitrogens with one attached hydrogen (secondary N) is 1. The van der Waals surface area contributed by atoms with Crippen LogP contribution in [0.4, 0.5) is 5.69 Å². The molecule has 128 valence electrons. The van der Waals surface area contributed by atoms with E-state index in [9.17, 15) is 14.9 Å². The zero-order chi connectivity index (χ0) is 17.9. The molecule has 1 aromatic carbocycles. The van der Waals surface area contributed by atoms with Crippen LogP contribution < -0.4 is 10.1 Å². The number of carbonyl (C=O) groups is 1. The van der Waals surface area contributed by atoms with Crippen molar-refractivity contribution in [3.8, 4) is 5.75 Å². The van der Waals surface area contributed by atoms with Crippen LogP contribution in [0.2, 0.25) is 0 Å². The number of methoxy groups -OCH3 is 1. The molecule has 0 aliphatic rings. The highest BCUT2D eigenvalue weighted by molar-refractivity contribution is 7.09. The molecule has 1 amide bonds. The maximum Gasteiger partial charge on any atom is 0.282 e. The Hall–Kier alpha value is -2.48. The second-order valence-electron chi connectivity index (χ2n) is 6.20. The highest BCUT2D eigenvalue weighted by atomic mass is 32.1. The summed E-state index contributed by atoms with van der Waals surface area (Å²) in [5, 5.41) is 16.5. The van der Waals surface area contributed by atoms with E-state index in [-0.39, 0.29) is 23.2 Å². The minimum Gasteiger partial charge on any atom is -0.497 e. The molecule has 1 N–H and O–H groups in total. The fourth-order valence-corrected chi connectivity index (χ4v) is 2.93. The molecule has 0 unspecified atom stereocenters. The Morgan fingerprint density at radius 3 is 2.67 bits per heavy atom. The Balaban J connectivity index is 2.15. The lowest BCUT2D eigenvalue weighted by molar-refractivity contribution is -0.385. The molecular formula is C16H19N3O4S. The number of rotatable bonds is 5. The maximum atomic E-state index is 12.3. The van der Waals surface area contributed by atoms with Crippen molar-refractivity contribution in [1.82, 2.24) is 10.3 Å². The summed E-state index contributed by atoms with van der Waals surface area (Å²) < 4.78 is 5.03. The average Bonchev–Trinajstić information content (AvgIpc) is 3.01. The van der Waals surface area contributed by atoms with Gasteiger partial charge < -0.3 is 10.1 Å². The topological polar surface area (TPSA) is 94.4 Å². The molecule has 7 nitrogen and oxygen atoms in total. The Labute approximate surface area is 143 Å². The van der Waals surface area contributed by atoms with Gasteiger partial charge in [-0.15, -0.1) is 11.3 Å². The largest absolute Gasteiger partial charge is 0.497 e. The first-order chi connectivity index (χ1) is 11.2. The van der Waals surface area contributed by atoms with E-state index >= 15 is 0 Å². The van der Waals surface area contributed by atoms with Gasteiger partial charge in [0.15, 0.2) is 0 Å². The number of hydrogen-bond donors (Lipinski definition) is 1. The van der Waals surface area contributed by atoms with Gasteiger partial charge in [0.05, 0.1) is 24.3 Å². The van der Waals surface area contributed by atoms with Gasteiger partial charge in [-0.1, -0.05) is 20.8 Å². The average molecular weight is 349 g/mol. The number of nitrogens with zero attached hydrogens (tertiary/aromatic N) is 2. The van der Waals surface area contributed by atoms with Crippen LogP contribution in [0, 0.1) is 10.1 Å². The molecule has 0 bridgehead atoms. The minimum absolute atomic E-state index is 0.0352. The minimum atomic E-state index is -0.588. The van der Waals surface area contributed by atoms with Gasteiger partial charge in [-0.25, -0.2) is 4.98 Å². The first-order valence-electron chi connectivity index (χ1n) is 7.28. The van der Waals surface area contributed by atoms with Gasteiger partial charge in [0, 0.05) is 16.9 Å². The van der Waals surface area contributed by atoms with Crippen molar-refractivity contribution >= 4 is 22.9 Å². The third kappa shape index (κ3) is 4.08. The molecule has 8 heteroatoms. The molecule has 2 rings (SSSR count). The molecule has 1 heterocycles. The van der Waals surface area contributed by atoms with Crippen LogP contribution in [0.5, 0.6) is 5.75 Å². The van der Waals surface area contributed by atoms with Crippen LogP contribution in [-0.2, 0) is 12.0 Å². The van der Waals surface area contributed by atoms with Crippen molar-refractivity contribution in [2.45, 2.75) is 32.7 Å². The fraction of sp³-hybridized carbons (Fsp3) is 0.375. The zero-order valence-electron chi connectivity index (χ0n) is 14.0. The van der Waals surface area contributed by atoms with E-state index < -0.39 is 10.8 Å². The van der Waals surface area contributed by atoms with Crippen molar-refractivity contribution in [1.29, 1.82) is 0 Å². The summed E-state index contributed by atoms with van der Waals surface area (Å²) in [5.74, 6) is -0.150. The quantitative estimate of drug-likeness (QED) is 0.660. The van der Waals surface area contributed by atoms with E-state index in [2.05, 4.69) is 31.1 Å². The number of aromatic nitrogens is 1. The second kappa shape index (κ2) is 6.96. The third-order valence-corrected chi connectivity index (χ3v) is 4.21. The van der Waals surface area contributed by atoms with Gasteiger partial charge >= 0.3 is 0 Å². The summed E-state index contributed by atoms with van der Waals surface area (Å²) in [5.41, 5.74) is 0.587. The van der Waals surface area contributed by atoms with E-state index in [4.69, 9.17) is 4.74 Å². The molecular weight excluding hydrogens is 330 g/mol. The van der Waals surface area contributed by atoms with Crippen LogP contribution in [0.25, 0.3) is 0 Å². The first kappa shape index (κ1) is 17.9. The lowest BCUT2D eigenvalue weighted by Crippen LogP contribution is -2.24. The van der Waals surface area contributed by atoms with Crippen LogP contribution in [0.3, 0.4) is 0 Å². The molecule has 0 atom stereocenters. The molecule has 0 aliphatic heterocycles. The standard InChI is InChI=1S/C16H19N3O4S/c1-16(2,3)13-9-24-14(18-13)8-17-15(20)11-7-10(23-4)5-6-12(11)19(21)22/h5-7,9H,8H2,1-4H3,(H,17,20). The van der Waals surface area contributed by atoms with Crippen molar-refractivity contribution < 1.29 is 14.5 Å². The highest BCUT2D eigenvalue weighted by Crippen LogP contribution is 2.25. The van der Waals surface area contributed by atoms with Crippen molar-refractivity contribution in [3.05, 3.63) is 50.0 Å². The van der Waals surface area contributed by atoms with E-state index in [0.717, 1.165) is 10.7 Å². The summed E-state index contributed by atoms with van der Waals surface area (Å²) in [4.78, 5) is 27.3. The lowest BCUT2D eigenvalue weighted by Gasteiger charge is -2.14. The molecule has 24 heavy (non-hydrogen) atoms. The molecule has 0 aliphatic carbocycles. The highest BCUT2D eigenvalue weighted by Gasteiger charge is 2.22. The Kier molecular flexibility index (Phi) is 5.18. The number of thiazole rings is 1. The van der Waals surface area contributed by atoms with Crippen LogP contribution in [0.1, 0.15) is 41.8 Å². The Morgan fingerprint density at radius 2 is 2.12 bits per heavy atom. The molecule has 1 aromatic heterocycles.